The van der Waals surface area contributed by atoms with Crippen molar-refractivity contribution in [2.75, 3.05) is 14.1 Å². The molecule has 0 aliphatic rings. The first kappa shape index (κ1) is 10.4. The summed E-state index contributed by atoms with van der Waals surface area (Å²) >= 11 is 0. The first-order valence-electron chi connectivity index (χ1n) is 3.92. The average Bonchev–Trinajstić information content (AvgIpc) is 1.84. The molecular weight excluding hydrogens is 140 g/mol. The highest BCUT2D eigenvalue weighted by Crippen LogP contribution is 2.03. The molecule has 0 aliphatic heterocycles. The fraction of sp³-hybridized carbons (Fsp3) is 0.875. The van der Waals surface area contributed by atoms with E-state index in [4.69, 9.17) is 5.73 Å². The summed E-state index contributed by atoms with van der Waals surface area (Å²) in [7, 11) is 3.45. The molecule has 0 aromatic rings. The molecule has 2 N–H and O–H groups in total. The monoisotopic (exact) mass is 158 g/mol. The molecule has 0 spiro atoms. The van der Waals surface area contributed by atoms with Crippen molar-refractivity contribution >= 4 is 5.91 Å². The molecule has 0 fully saturated rings. The van der Waals surface area contributed by atoms with Crippen LogP contribution in [-0.2, 0) is 4.79 Å². The van der Waals surface area contributed by atoms with Gasteiger partial charge in [-0.25, -0.2) is 0 Å². The normalized spacial score (nSPS) is 13.3. The van der Waals surface area contributed by atoms with Crippen LogP contribution in [0.2, 0.25) is 0 Å². The van der Waals surface area contributed by atoms with Gasteiger partial charge in [0.1, 0.15) is 0 Å². The third kappa shape index (κ3) is 3.98. The predicted octanol–water partition coefficient (Wildman–Crippen LogP) is 0.448. The van der Waals surface area contributed by atoms with E-state index in [1.54, 1.807) is 14.1 Å². The maximum Gasteiger partial charge on any atom is 0.238 e. The summed E-state index contributed by atoms with van der Waals surface area (Å²) in [4.78, 5) is 12.7. The van der Waals surface area contributed by atoms with Crippen molar-refractivity contribution < 1.29 is 4.79 Å². The summed E-state index contributed by atoms with van der Waals surface area (Å²) in [6, 6.07) is -0.329. The van der Waals surface area contributed by atoms with E-state index < -0.39 is 0 Å². The van der Waals surface area contributed by atoms with Gasteiger partial charge in [-0.05, 0) is 12.3 Å². The zero-order valence-electron chi connectivity index (χ0n) is 7.79. The first-order valence-corrected chi connectivity index (χ1v) is 3.92. The summed E-state index contributed by atoms with van der Waals surface area (Å²) in [6.45, 7) is 4.12. The second-order valence-corrected chi connectivity index (χ2v) is 3.47. The number of nitrogens with zero attached hydrogens (tertiary/aromatic N) is 1. The van der Waals surface area contributed by atoms with Crippen LogP contribution in [0.5, 0.6) is 0 Å². The molecule has 0 bridgehead atoms. The lowest BCUT2D eigenvalue weighted by molar-refractivity contribution is -0.130. The number of nitrogens with two attached hydrogens (primary N) is 1. The van der Waals surface area contributed by atoms with Gasteiger partial charge in [-0.3, -0.25) is 4.79 Å². The summed E-state index contributed by atoms with van der Waals surface area (Å²) in [5.74, 6) is 0.493. The summed E-state index contributed by atoms with van der Waals surface area (Å²) < 4.78 is 0. The highest BCUT2D eigenvalue weighted by molar-refractivity contribution is 5.81. The zero-order valence-corrected chi connectivity index (χ0v) is 7.79. The third-order valence-corrected chi connectivity index (χ3v) is 1.48. The number of amides is 1. The molecule has 0 aromatic carbocycles. The van der Waals surface area contributed by atoms with Gasteiger partial charge in [-0.2, -0.15) is 0 Å². The van der Waals surface area contributed by atoms with Gasteiger partial charge in [0.15, 0.2) is 0 Å². The smallest absolute Gasteiger partial charge is 0.238 e. The second-order valence-electron chi connectivity index (χ2n) is 3.47. The number of rotatable bonds is 3. The van der Waals surface area contributed by atoms with E-state index in [9.17, 15) is 4.79 Å². The predicted molar refractivity (Wildman–Crippen MR) is 46.1 cm³/mol. The summed E-state index contributed by atoms with van der Waals surface area (Å²) in [5.41, 5.74) is 5.63. The van der Waals surface area contributed by atoms with E-state index >= 15 is 0 Å². The van der Waals surface area contributed by atoms with Crippen LogP contribution in [0.1, 0.15) is 20.3 Å². The van der Waals surface area contributed by atoms with Crippen molar-refractivity contribution in [3.05, 3.63) is 0 Å². The third-order valence-electron chi connectivity index (χ3n) is 1.48. The van der Waals surface area contributed by atoms with E-state index in [0.29, 0.717) is 5.92 Å². The van der Waals surface area contributed by atoms with E-state index in [1.807, 2.05) is 0 Å². The summed E-state index contributed by atoms with van der Waals surface area (Å²) in [6.07, 6.45) is 0.761. The molecular formula is C8H18N2O. The topological polar surface area (TPSA) is 46.3 Å². The largest absolute Gasteiger partial charge is 0.347 e. The minimum absolute atomic E-state index is 0.0127. The fourth-order valence-corrected chi connectivity index (χ4v) is 0.940. The molecule has 3 nitrogen and oxygen atoms in total. The maximum atomic E-state index is 11.2. The highest BCUT2D eigenvalue weighted by Gasteiger charge is 2.15. The van der Waals surface area contributed by atoms with Crippen LogP contribution >= 0.6 is 0 Å². The molecule has 66 valence electrons. The quantitative estimate of drug-likeness (QED) is 0.648. The summed E-state index contributed by atoms with van der Waals surface area (Å²) in [5, 5.41) is 0. The molecule has 0 radical (unpaired) electrons. The number of hydrogen-bond donors (Lipinski definition) is 1. The van der Waals surface area contributed by atoms with Gasteiger partial charge in [0.05, 0.1) is 6.04 Å². The zero-order chi connectivity index (χ0) is 9.02. The Hall–Kier alpha value is -0.570. The molecule has 11 heavy (non-hydrogen) atoms. The average molecular weight is 158 g/mol. The van der Waals surface area contributed by atoms with Crippen LogP contribution in [0.3, 0.4) is 0 Å². The van der Waals surface area contributed by atoms with Crippen molar-refractivity contribution in [1.29, 1.82) is 0 Å². The van der Waals surface area contributed by atoms with Crippen LogP contribution < -0.4 is 5.73 Å². The molecule has 0 heterocycles. The Balaban J connectivity index is 3.83. The van der Waals surface area contributed by atoms with Crippen LogP contribution in [0.25, 0.3) is 0 Å². The van der Waals surface area contributed by atoms with E-state index in [1.165, 1.54) is 4.90 Å². The van der Waals surface area contributed by atoms with Crippen molar-refractivity contribution in [2.45, 2.75) is 26.3 Å². The Labute approximate surface area is 68.6 Å². The Morgan fingerprint density at radius 3 is 2.18 bits per heavy atom. The lowest BCUT2D eigenvalue weighted by Crippen LogP contribution is -2.40. The minimum Gasteiger partial charge on any atom is -0.347 e. The molecule has 0 saturated heterocycles. The first-order chi connectivity index (χ1) is 4.95. The molecule has 0 rings (SSSR count). The Kier molecular flexibility index (Phi) is 4.11. The Bertz CT molecular complexity index is 132. The van der Waals surface area contributed by atoms with Gasteiger partial charge >= 0.3 is 0 Å². The molecule has 0 unspecified atom stereocenters. The van der Waals surface area contributed by atoms with E-state index in [2.05, 4.69) is 13.8 Å². The van der Waals surface area contributed by atoms with Gasteiger partial charge in [0, 0.05) is 14.1 Å². The van der Waals surface area contributed by atoms with E-state index in [0.717, 1.165) is 6.42 Å². The van der Waals surface area contributed by atoms with Gasteiger partial charge in [-0.1, -0.05) is 13.8 Å². The van der Waals surface area contributed by atoms with E-state index in [-0.39, 0.29) is 11.9 Å². The van der Waals surface area contributed by atoms with Gasteiger partial charge in [-0.15, -0.1) is 0 Å². The van der Waals surface area contributed by atoms with Crippen LogP contribution in [0.15, 0.2) is 0 Å². The van der Waals surface area contributed by atoms with Crippen LogP contribution in [0.4, 0.5) is 0 Å². The SMILES string of the molecule is CC(C)C[C@@H](N)C(=O)N(C)C. The van der Waals surface area contributed by atoms with Gasteiger partial charge in [0.2, 0.25) is 5.91 Å². The minimum atomic E-state index is -0.329. The number of carbonyl (C=O) groups excluding carboxylic acids is 1. The molecule has 1 amide bonds. The lowest BCUT2D eigenvalue weighted by atomic mass is 10.0. The molecule has 0 aliphatic carbocycles. The standard InChI is InChI=1S/C8H18N2O/c1-6(2)5-7(9)8(11)10(3)4/h6-7H,5,9H2,1-4H3/t7-/m1/s1. The molecule has 1 atom stereocenters. The number of likely N-dealkylation sites (N-methyl/N-ethyl adjacent to an activating group) is 1. The Morgan fingerprint density at radius 1 is 1.45 bits per heavy atom. The van der Waals surface area contributed by atoms with Gasteiger partial charge in [0.25, 0.3) is 0 Å². The second kappa shape index (κ2) is 4.34. The lowest BCUT2D eigenvalue weighted by Gasteiger charge is -2.17. The molecule has 0 aromatic heterocycles. The number of carbonyl (C=O) groups is 1. The van der Waals surface area contributed by atoms with Crippen LogP contribution in [-0.4, -0.2) is 30.9 Å². The van der Waals surface area contributed by atoms with Crippen molar-refractivity contribution in [3.63, 3.8) is 0 Å². The maximum absolute atomic E-state index is 11.2. The fourth-order valence-electron chi connectivity index (χ4n) is 0.940. The van der Waals surface area contributed by atoms with Gasteiger partial charge < -0.3 is 10.6 Å². The molecule has 3 heteroatoms. The van der Waals surface area contributed by atoms with Crippen LogP contribution in [0, 0.1) is 5.92 Å². The van der Waals surface area contributed by atoms with Crippen molar-refractivity contribution in [1.82, 2.24) is 4.90 Å². The highest BCUT2D eigenvalue weighted by atomic mass is 16.2. The number of hydrogen-bond acceptors (Lipinski definition) is 2. The van der Waals surface area contributed by atoms with Crippen molar-refractivity contribution in [2.24, 2.45) is 11.7 Å². The molecule has 0 saturated carbocycles. The van der Waals surface area contributed by atoms with Crippen molar-refractivity contribution in [3.8, 4) is 0 Å². The Morgan fingerprint density at radius 2 is 1.91 bits per heavy atom.